The largest absolute Gasteiger partial charge is 0.381 e. The third-order valence-electron chi connectivity index (χ3n) is 8.66. The van der Waals surface area contributed by atoms with E-state index in [0.29, 0.717) is 16.9 Å². The van der Waals surface area contributed by atoms with Gasteiger partial charge < -0.3 is 4.74 Å². The van der Waals surface area contributed by atoms with Gasteiger partial charge >= 0.3 is 0 Å². The second kappa shape index (κ2) is 4.98. The van der Waals surface area contributed by atoms with Gasteiger partial charge in [-0.25, -0.2) is 0 Å². The van der Waals surface area contributed by atoms with Gasteiger partial charge in [-0.1, -0.05) is 33.1 Å². The first-order valence-corrected chi connectivity index (χ1v) is 9.61. The van der Waals surface area contributed by atoms with Gasteiger partial charge in [0, 0.05) is 7.11 Å². The van der Waals surface area contributed by atoms with Gasteiger partial charge in [-0.3, -0.25) is 0 Å². The van der Waals surface area contributed by atoms with Gasteiger partial charge in [0.2, 0.25) is 0 Å². The summed E-state index contributed by atoms with van der Waals surface area (Å²) in [6, 6.07) is 0. The van der Waals surface area contributed by atoms with Crippen molar-refractivity contribution in [1.82, 2.24) is 0 Å². The molecule has 4 saturated carbocycles. The SMILES string of the molecule is COC1CC2CCCC[C@]2(C)[C@@H]2CC[C@]3(C)CCC[C@H]3[C@H]12. The van der Waals surface area contributed by atoms with Crippen LogP contribution < -0.4 is 0 Å². The van der Waals surface area contributed by atoms with E-state index in [1.54, 1.807) is 0 Å². The zero-order chi connectivity index (χ0) is 14.7. The molecule has 0 aromatic heterocycles. The molecule has 1 heteroatoms. The Kier molecular flexibility index (Phi) is 3.45. The average molecular weight is 290 g/mol. The van der Waals surface area contributed by atoms with E-state index in [4.69, 9.17) is 4.74 Å². The van der Waals surface area contributed by atoms with Crippen molar-refractivity contribution < 1.29 is 4.74 Å². The second-order valence-electron chi connectivity index (χ2n) is 9.33. The van der Waals surface area contributed by atoms with E-state index in [0.717, 1.165) is 23.7 Å². The summed E-state index contributed by atoms with van der Waals surface area (Å²) in [5.41, 5.74) is 1.29. The topological polar surface area (TPSA) is 9.23 Å². The molecule has 0 aliphatic heterocycles. The summed E-state index contributed by atoms with van der Waals surface area (Å²) in [4.78, 5) is 0. The van der Waals surface area contributed by atoms with Crippen molar-refractivity contribution >= 4 is 0 Å². The third-order valence-corrected chi connectivity index (χ3v) is 8.66. The highest BCUT2D eigenvalue weighted by Crippen LogP contribution is 2.66. The molecule has 0 bridgehead atoms. The molecule has 0 N–H and O–H groups in total. The summed E-state index contributed by atoms with van der Waals surface area (Å²) in [6.07, 6.45) is 15.3. The lowest BCUT2D eigenvalue weighted by Crippen LogP contribution is -2.57. The van der Waals surface area contributed by atoms with Crippen LogP contribution in [-0.2, 0) is 4.74 Å². The first-order chi connectivity index (χ1) is 10.1. The first kappa shape index (κ1) is 14.5. The average Bonchev–Trinajstić information content (AvgIpc) is 2.87. The maximum atomic E-state index is 6.11. The zero-order valence-electron chi connectivity index (χ0n) is 14.4. The molecule has 0 spiro atoms. The van der Waals surface area contributed by atoms with Gasteiger partial charge in [0.1, 0.15) is 0 Å². The molecule has 0 radical (unpaired) electrons. The van der Waals surface area contributed by atoms with Crippen LogP contribution in [0.4, 0.5) is 0 Å². The molecule has 0 aromatic rings. The number of rotatable bonds is 1. The van der Waals surface area contributed by atoms with Gasteiger partial charge in [-0.2, -0.15) is 0 Å². The Morgan fingerprint density at radius 3 is 2.52 bits per heavy atom. The fraction of sp³-hybridized carbons (Fsp3) is 1.00. The van der Waals surface area contributed by atoms with Crippen molar-refractivity contribution in [3.8, 4) is 0 Å². The lowest BCUT2D eigenvalue weighted by Gasteiger charge is -2.62. The van der Waals surface area contributed by atoms with Crippen LogP contribution in [0.25, 0.3) is 0 Å². The molecular weight excluding hydrogens is 256 g/mol. The lowest BCUT2D eigenvalue weighted by molar-refractivity contribution is -0.166. The van der Waals surface area contributed by atoms with Crippen molar-refractivity contribution in [3.05, 3.63) is 0 Å². The summed E-state index contributed by atoms with van der Waals surface area (Å²) in [5, 5.41) is 0. The van der Waals surface area contributed by atoms with Crippen molar-refractivity contribution in [2.45, 2.75) is 84.2 Å². The quantitative estimate of drug-likeness (QED) is 0.625. The van der Waals surface area contributed by atoms with Crippen LogP contribution in [0.5, 0.6) is 0 Å². The van der Waals surface area contributed by atoms with Crippen LogP contribution >= 0.6 is 0 Å². The minimum atomic E-state index is 0.564. The Hall–Kier alpha value is -0.0400. The van der Waals surface area contributed by atoms with E-state index >= 15 is 0 Å². The standard InChI is InChI=1S/C20H34O/c1-19-10-6-8-15(19)18-16(9-12-19)20(2)11-5-4-7-14(20)13-17(18)21-3/h14-18H,4-13H2,1-3H3/t14?,15-,16+,17?,18-,19-,20-/m0/s1. The Bertz CT molecular complexity index is 405. The first-order valence-electron chi connectivity index (χ1n) is 9.61. The van der Waals surface area contributed by atoms with Crippen LogP contribution in [0, 0.1) is 34.5 Å². The molecule has 4 aliphatic rings. The van der Waals surface area contributed by atoms with E-state index in [1.807, 2.05) is 7.11 Å². The molecule has 1 nitrogen and oxygen atoms in total. The van der Waals surface area contributed by atoms with Crippen LogP contribution in [0.1, 0.15) is 78.1 Å². The minimum Gasteiger partial charge on any atom is -0.381 e. The van der Waals surface area contributed by atoms with Crippen LogP contribution in [0.3, 0.4) is 0 Å². The molecule has 21 heavy (non-hydrogen) atoms. The van der Waals surface area contributed by atoms with E-state index in [-0.39, 0.29) is 0 Å². The molecule has 7 atom stereocenters. The minimum absolute atomic E-state index is 0.564. The highest BCUT2D eigenvalue weighted by atomic mass is 16.5. The number of hydrogen-bond donors (Lipinski definition) is 0. The number of fused-ring (bicyclic) bond motifs is 5. The maximum absolute atomic E-state index is 6.11. The summed E-state index contributed by atoms with van der Waals surface area (Å²) >= 11 is 0. The molecule has 4 aliphatic carbocycles. The Morgan fingerprint density at radius 2 is 1.71 bits per heavy atom. The van der Waals surface area contributed by atoms with Gasteiger partial charge in [-0.15, -0.1) is 0 Å². The number of hydrogen-bond acceptors (Lipinski definition) is 1. The van der Waals surface area contributed by atoms with Crippen molar-refractivity contribution in [3.63, 3.8) is 0 Å². The Balaban J connectivity index is 1.70. The number of ether oxygens (including phenoxy) is 1. The molecule has 0 aromatic carbocycles. The normalized spacial score (nSPS) is 56.4. The Labute approximate surface area is 131 Å². The molecular formula is C20H34O. The fourth-order valence-electron chi connectivity index (χ4n) is 7.47. The molecule has 4 fully saturated rings. The molecule has 4 rings (SSSR count). The van der Waals surface area contributed by atoms with Crippen molar-refractivity contribution in [1.29, 1.82) is 0 Å². The van der Waals surface area contributed by atoms with Crippen LogP contribution in [0.2, 0.25) is 0 Å². The highest BCUT2D eigenvalue weighted by molar-refractivity contribution is 5.09. The van der Waals surface area contributed by atoms with Gasteiger partial charge in [-0.05, 0) is 79.4 Å². The molecule has 0 amide bonds. The summed E-state index contributed by atoms with van der Waals surface area (Å²) in [7, 11) is 1.99. The van der Waals surface area contributed by atoms with Crippen molar-refractivity contribution in [2.24, 2.45) is 34.5 Å². The van der Waals surface area contributed by atoms with Gasteiger partial charge in [0.15, 0.2) is 0 Å². The summed E-state index contributed by atoms with van der Waals surface area (Å²) in [5.74, 6) is 3.73. The molecule has 0 saturated heterocycles. The smallest absolute Gasteiger partial charge is 0.0608 e. The predicted molar refractivity (Wildman–Crippen MR) is 87.1 cm³/mol. The monoisotopic (exact) mass is 290 g/mol. The van der Waals surface area contributed by atoms with Gasteiger partial charge in [0.05, 0.1) is 6.10 Å². The van der Waals surface area contributed by atoms with Crippen LogP contribution in [0.15, 0.2) is 0 Å². The fourth-order valence-corrected chi connectivity index (χ4v) is 7.47. The summed E-state index contributed by atoms with van der Waals surface area (Å²) < 4.78 is 6.11. The Morgan fingerprint density at radius 1 is 0.857 bits per heavy atom. The predicted octanol–water partition coefficient (Wildman–Crippen LogP) is 5.43. The zero-order valence-corrected chi connectivity index (χ0v) is 14.4. The molecule has 2 unspecified atom stereocenters. The van der Waals surface area contributed by atoms with Gasteiger partial charge in [0.25, 0.3) is 0 Å². The third kappa shape index (κ3) is 1.98. The second-order valence-corrected chi connectivity index (χ2v) is 9.33. The number of methoxy groups -OCH3 is 1. The highest BCUT2D eigenvalue weighted by Gasteiger charge is 2.60. The van der Waals surface area contributed by atoms with E-state index < -0.39 is 0 Å². The van der Waals surface area contributed by atoms with E-state index in [2.05, 4.69) is 13.8 Å². The molecule has 0 heterocycles. The van der Waals surface area contributed by atoms with Crippen LogP contribution in [-0.4, -0.2) is 13.2 Å². The van der Waals surface area contributed by atoms with Crippen molar-refractivity contribution in [2.75, 3.05) is 7.11 Å². The lowest BCUT2D eigenvalue weighted by atomic mass is 9.44. The van der Waals surface area contributed by atoms with E-state index in [1.165, 1.54) is 64.2 Å². The molecule has 120 valence electrons. The maximum Gasteiger partial charge on any atom is 0.0608 e. The summed E-state index contributed by atoms with van der Waals surface area (Å²) in [6.45, 7) is 5.26. The van der Waals surface area contributed by atoms with E-state index in [9.17, 15) is 0 Å².